The molecule has 1 saturated heterocycles. The zero-order valence-corrected chi connectivity index (χ0v) is 19.2. The smallest absolute Gasteiger partial charge is 0.239 e. The van der Waals surface area contributed by atoms with Crippen LogP contribution >= 0.6 is 11.3 Å². The summed E-state index contributed by atoms with van der Waals surface area (Å²) in [4.78, 5) is 26.9. The summed E-state index contributed by atoms with van der Waals surface area (Å²) in [5.41, 5.74) is 8.95. The summed E-state index contributed by atoms with van der Waals surface area (Å²) in [7, 11) is 1.67. The molecule has 0 saturated carbocycles. The third kappa shape index (κ3) is 4.15. The van der Waals surface area contributed by atoms with Crippen LogP contribution in [0, 0.1) is 0 Å². The largest absolute Gasteiger partial charge is 0.497 e. The first-order valence-electron chi connectivity index (χ1n) is 10.9. The molecule has 7 nitrogen and oxygen atoms in total. The number of ether oxygens (including phenoxy) is 1. The predicted molar refractivity (Wildman–Crippen MR) is 132 cm³/mol. The monoisotopic (exact) mass is 459 g/mol. The van der Waals surface area contributed by atoms with Crippen LogP contribution in [0.1, 0.15) is 11.6 Å². The lowest BCUT2D eigenvalue weighted by molar-refractivity contribution is -0.123. The maximum absolute atomic E-state index is 12.3. The Balaban J connectivity index is 1.42. The van der Waals surface area contributed by atoms with Gasteiger partial charge in [0.05, 0.1) is 12.5 Å². The molecule has 3 heterocycles. The summed E-state index contributed by atoms with van der Waals surface area (Å²) in [5.74, 6) is 1.44. The molecule has 1 fully saturated rings. The lowest BCUT2D eigenvalue weighted by Gasteiger charge is -2.39. The molecule has 5 rings (SSSR count). The Bertz CT molecular complexity index is 1250. The van der Waals surface area contributed by atoms with Gasteiger partial charge in [-0.15, -0.1) is 11.3 Å². The Kier molecular flexibility index (Phi) is 5.93. The molecule has 33 heavy (non-hydrogen) atoms. The lowest BCUT2D eigenvalue weighted by Crippen LogP contribution is -2.50. The quantitative estimate of drug-likeness (QED) is 0.473. The zero-order valence-electron chi connectivity index (χ0n) is 18.3. The Labute approximate surface area is 196 Å². The molecule has 0 bridgehead atoms. The molecule has 0 radical (unpaired) electrons. The molecule has 1 amide bonds. The molecule has 2 aromatic carbocycles. The van der Waals surface area contributed by atoms with Gasteiger partial charge in [0.2, 0.25) is 5.91 Å². The van der Waals surface area contributed by atoms with Crippen LogP contribution in [-0.2, 0) is 4.79 Å². The third-order valence-corrected chi connectivity index (χ3v) is 7.00. The van der Waals surface area contributed by atoms with E-state index in [1.807, 2.05) is 42.5 Å². The van der Waals surface area contributed by atoms with Gasteiger partial charge in [0.1, 0.15) is 28.8 Å². The SMILES string of the molecule is COc1ccc(-c2csc3ncnc(N4CCN(C(C(N)=O)c5ccccc5)CC4)c23)cc1. The molecule has 2 aromatic heterocycles. The predicted octanol–water partition coefficient (Wildman–Crippen LogP) is 3.72. The fourth-order valence-electron chi connectivity index (χ4n) is 4.46. The van der Waals surface area contributed by atoms with Gasteiger partial charge in [-0.25, -0.2) is 9.97 Å². The average molecular weight is 460 g/mol. The average Bonchev–Trinajstić information content (AvgIpc) is 3.30. The number of thiophene rings is 1. The molecule has 1 unspecified atom stereocenters. The van der Waals surface area contributed by atoms with E-state index < -0.39 is 6.04 Å². The topological polar surface area (TPSA) is 84.6 Å². The van der Waals surface area contributed by atoms with Gasteiger partial charge < -0.3 is 15.4 Å². The summed E-state index contributed by atoms with van der Waals surface area (Å²) in [6, 6.07) is 17.4. The number of carbonyl (C=O) groups excluding carboxylic acids is 1. The molecule has 2 N–H and O–H groups in total. The second kappa shape index (κ2) is 9.17. The number of hydrogen-bond acceptors (Lipinski definition) is 7. The van der Waals surface area contributed by atoms with Crippen LogP contribution in [0.25, 0.3) is 21.3 Å². The van der Waals surface area contributed by atoms with Gasteiger partial charge in [-0.2, -0.15) is 0 Å². The van der Waals surface area contributed by atoms with Crippen LogP contribution in [0.15, 0.2) is 66.3 Å². The number of anilines is 1. The van der Waals surface area contributed by atoms with Crippen molar-refractivity contribution < 1.29 is 9.53 Å². The number of carbonyl (C=O) groups is 1. The van der Waals surface area contributed by atoms with Crippen molar-refractivity contribution in [2.75, 3.05) is 38.2 Å². The third-order valence-electron chi connectivity index (χ3n) is 6.12. The highest BCUT2D eigenvalue weighted by Gasteiger charge is 2.30. The Hall–Kier alpha value is -3.49. The summed E-state index contributed by atoms with van der Waals surface area (Å²) >= 11 is 1.62. The van der Waals surface area contributed by atoms with Crippen LogP contribution in [0.4, 0.5) is 5.82 Å². The van der Waals surface area contributed by atoms with E-state index in [4.69, 9.17) is 10.5 Å². The van der Waals surface area contributed by atoms with Crippen molar-refractivity contribution in [3.05, 3.63) is 71.9 Å². The Morgan fingerprint density at radius 3 is 2.42 bits per heavy atom. The molecule has 1 atom stereocenters. The highest BCUT2D eigenvalue weighted by atomic mass is 32.1. The second-order valence-electron chi connectivity index (χ2n) is 7.99. The highest BCUT2D eigenvalue weighted by molar-refractivity contribution is 7.17. The van der Waals surface area contributed by atoms with Gasteiger partial charge in [0.15, 0.2) is 0 Å². The molecule has 0 aliphatic carbocycles. The number of aromatic nitrogens is 2. The number of fused-ring (bicyclic) bond motifs is 1. The summed E-state index contributed by atoms with van der Waals surface area (Å²) in [5, 5.41) is 3.20. The van der Waals surface area contributed by atoms with Gasteiger partial charge in [-0.1, -0.05) is 42.5 Å². The van der Waals surface area contributed by atoms with Crippen LogP contribution in [-0.4, -0.2) is 54.1 Å². The number of benzene rings is 2. The fourth-order valence-corrected chi connectivity index (χ4v) is 5.37. The van der Waals surface area contributed by atoms with Crippen LogP contribution < -0.4 is 15.4 Å². The molecule has 0 spiro atoms. The van der Waals surface area contributed by atoms with Gasteiger partial charge in [-0.05, 0) is 23.3 Å². The van der Waals surface area contributed by atoms with Crippen molar-refractivity contribution in [2.45, 2.75) is 6.04 Å². The fraction of sp³-hybridized carbons (Fsp3) is 0.240. The molecular formula is C25H25N5O2S. The van der Waals surface area contributed by atoms with Crippen LogP contribution in [0.2, 0.25) is 0 Å². The summed E-state index contributed by atoms with van der Waals surface area (Å²) < 4.78 is 5.30. The van der Waals surface area contributed by atoms with E-state index in [0.717, 1.165) is 64.7 Å². The minimum absolute atomic E-state index is 0.321. The number of rotatable bonds is 6. The van der Waals surface area contributed by atoms with Gasteiger partial charge in [0, 0.05) is 37.1 Å². The van der Waals surface area contributed by atoms with Crippen molar-refractivity contribution in [1.29, 1.82) is 0 Å². The summed E-state index contributed by atoms with van der Waals surface area (Å²) in [6.07, 6.45) is 1.63. The molecule has 1 aliphatic rings. The number of methoxy groups -OCH3 is 1. The maximum atomic E-state index is 12.3. The van der Waals surface area contributed by atoms with Crippen molar-refractivity contribution in [3.63, 3.8) is 0 Å². The van der Waals surface area contributed by atoms with Gasteiger partial charge in [-0.3, -0.25) is 9.69 Å². The first kappa shape index (κ1) is 21.4. The van der Waals surface area contributed by atoms with Crippen molar-refractivity contribution in [1.82, 2.24) is 14.9 Å². The van der Waals surface area contributed by atoms with Crippen LogP contribution in [0.5, 0.6) is 5.75 Å². The van der Waals surface area contributed by atoms with Gasteiger partial charge >= 0.3 is 0 Å². The zero-order chi connectivity index (χ0) is 22.8. The van der Waals surface area contributed by atoms with E-state index >= 15 is 0 Å². The highest BCUT2D eigenvalue weighted by Crippen LogP contribution is 2.38. The Morgan fingerprint density at radius 1 is 1.03 bits per heavy atom. The summed E-state index contributed by atoms with van der Waals surface area (Å²) in [6.45, 7) is 2.94. The number of nitrogens with two attached hydrogens (primary N) is 1. The molecule has 8 heteroatoms. The Morgan fingerprint density at radius 2 is 1.76 bits per heavy atom. The first-order chi connectivity index (χ1) is 16.2. The van der Waals surface area contributed by atoms with E-state index in [2.05, 4.69) is 37.3 Å². The first-order valence-corrected chi connectivity index (χ1v) is 11.7. The number of hydrogen-bond donors (Lipinski definition) is 1. The van der Waals surface area contributed by atoms with E-state index in [1.165, 1.54) is 0 Å². The van der Waals surface area contributed by atoms with E-state index in [9.17, 15) is 4.79 Å². The molecule has 168 valence electrons. The number of piperazine rings is 1. The lowest BCUT2D eigenvalue weighted by atomic mass is 10.0. The molecule has 4 aromatic rings. The van der Waals surface area contributed by atoms with E-state index in [-0.39, 0.29) is 5.91 Å². The van der Waals surface area contributed by atoms with Gasteiger partial charge in [0.25, 0.3) is 0 Å². The van der Waals surface area contributed by atoms with Crippen molar-refractivity contribution in [3.8, 4) is 16.9 Å². The van der Waals surface area contributed by atoms with Crippen LogP contribution in [0.3, 0.4) is 0 Å². The second-order valence-corrected chi connectivity index (χ2v) is 8.85. The van der Waals surface area contributed by atoms with Crippen molar-refractivity contribution in [2.24, 2.45) is 5.73 Å². The minimum Gasteiger partial charge on any atom is -0.497 e. The van der Waals surface area contributed by atoms with Crippen molar-refractivity contribution >= 4 is 33.3 Å². The maximum Gasteiger partial charge on any atom is 0.239 e. The minimum atomic E-state index is -0.422. The number of nitrogens with zero attached hydrogens (tertiary/aromatic N) is 4. The number of primary amides is 1. The standard InChI is InChI=1S/C25H25N5O2S/c1-32-19-9-7-17(8-10-19)20-15-33-25-21(20)24(27-16-28-25)30-13-11-29(12-14-30)22(23(26)31)18-5-3-2-4-6-18/h2-10,15-16,22H,11-14H2,1H3,(H2,26,31). The number of amides is 1. The molecular weight excluding hydrogens is 434 g/mol. The normalized spacial score (nSPS) is 15.5. The van der Waals surface area contributed by atoms with E-state index in [1.54, 1.807) is 24.8 Å². The molecule has 1 aliphatic heterocycles. The van der Waals surface area contributed by atoms with E-state index in [0.29, 0.717) is 0 Å².